The minimum absolute atomic E-state index is 0.0792. The van der Waals surface area contributed by atoms with Gasteiger partial charge in [0.25, 0.3) is 0 Å². The van der Waals surface area contributed by atoms with Crippen LogP contribution in [0.15, 0.2) is 65.6 Å². The van der Waals surface area contributed by atoms with Crippen LogP contribution in [0.4, 0.5) is 0 Å². The summed E-state index contributed by atoms with van der Waals surface area (Å²) < 4.78 is 24.8. The Morgan fingerprint density at radius 3 is 2.50 bits per heavy atom. The van der Waals surface area contributed by atoms with Gasteiger partial charge >= 0.3 is 0 Å². The average Bonchev–Trinajstić information content (AvgIpc) is 2.92. The van der Waals surface area contributed by atoms with Crippen LogP contribution in [0.25, 0.3) is 11.3 Å². The molecule has 1 aliphatic carbocycles. The molecule has 0 amide bonds. The number of nitrogens with zero attached hydrogens (tertiary/aromatic N) is 2. The number of sulfonamides is 1. The molecule has 0 fully saturated rings. The lowest BCUT2D eigenvalue weighted by Crippen LogP contribution is -2.12. The maximum Gasteiger partial charge on any atom is 0.238 e. The van der Waals surface area contributed by atoms with Crippen molar-refractivity contribution in [2.75, 3.05) is 0 Å². The zero-order valence-electron chi connectivity index (χ0n) is 14.3. The first kappa shape index (κ1) is 19.2. The lowest BCUT2D eigenvalue weighted by molar-refractivity contribution is 0.598. The van der Waals surface area contributed by atoms with Gasteiger partial charge in [0, 0.05) is 5.40 Å². The molecule has 8 heteroatoms. The number of benzene rings is 1. The zero-order chi connectivity index (χ0) is 18.9. The second-order valence-electron chi connectivity index (χ2n) is 6.16. The van der Waals surface area contributed by atoms with Gasteiger partial charge in [0.15, 0.2) is 0 Å². The second-order valence-corrected chi connectivity index (χ2v) is 9.92. The van der Waals surface area contributed by atoms with Crippen molar-refractivity contribution in [2.24, 2.45) is 11.1 Å². The van der Waals surface area contributed by atoms with Gasteiger partial charge in [0.05, 0.1) is 22.0 Å². The molecule has 5 nitrogen and oxygen atoms in total. The molecule has 3 rings (SSSR count). The van der Waals surface area contributed by atoms with Crippen molar-refractivity contribution in [1.29, 1.82) is 0 Å². The average molecular weight is 405 g/mol. The third-order valence-corrected chi connectivity index (χ3v) is 5.66. The van der Waals surface area contributed by atoms with Gasteiger partial charge in [-0.25, -0.2) is 18.2 Å². The summed E-state index contributed by atoms with van der Waals surface area (Å²) in [4.78, 5) is 0.0792. The molecule has 1 aromatic heterocycles. The highest BCUT2D eigenvalue weighted by Gasteiger charge is 2.16. The molecule has 0 radical (unpaired) electrons. The SMILES string of the molecule is CC1C=CC=C(c2cc(C(P)P)nn2-c2ccc(S(N)(=O)=O)cc2)C=C1. The summed E-state index contributed by atoms with van der Waals surface area (Å²) >= 11 is 0. The fourth-order valence-corrected chi connectivity index (χ4v) is 3.46. The molecule has 2 N–H and O–H groups in total. The van der Waals surface area contributed by atoms with E-state index < -0.39 is 10.0 Å². The van der Waals surface area contributed by atoms with Crippen LogP contribution < -0.4 is 5.14 Å². The Morgan fingerprint density at radius 2 is 1.88 bits per heavy atom. The van der Waals surface area contributed by atoms with Crippen LogP contribution in [0, 0.1) is 5.92 Å². The molecule has 1 aromatic carbocycles. The standard InChI is InChI=1S/C18H21N3O2P2S/c1-12-3-2-4-13(6-5-12)17-11-16(18(24)25)20-21(17)14-7-9-15(10-8-14)26(19,22)23/h2-12,18H,24-25H2,1H3,(H2,19,22,23). The maximum absolute atomic E-state index is 11.5. The van der Waals surface area contributed by atoms with E-state index in [4.69, 9.17) is 10.2 Å². The van der Waals surface area contributed by atoms with E-state index in [1.807, 2.05) is 16.8 Å². The van der Waals surface area contributed by atoms with Crippen molar-refractivity contribution < 1.29 is 8.42 Å². The minimum Gasteiger partial charge on any atom is -0.233 e. The van der Waals surface area contributed by atoms with Gasteiger partial charge in [-0.15, -0.1) is 18.5 Å². The van der Waals surface area contributed by atoms with E-state index in [1.54, 1.807) is 12.1 Å². The number of aromatic nitrogens is 2. The number of hydrogen-bond donors (Lipinski definition) is 1. The van der Waals surface area contributed by atoms with E-state index in [0.29, 0.717) is 5.92 Å². The van der Waals surface area contributed by atoms with E-state index in [9.17, 15) is 8.42 Å². The third-order valence-electron chi connectivity index (χ3n) is 4.05. The van der Waals surface area contributed by atoms with E-state index in [-0.39, 0.29) is 10.3 Å². The zero-order valence-corrected chi connectivity index (χ0v) is 17.4. The molecule has 2 aromatic rings. The summed E-state index contributed by atoms with van der Waals surface area (Å²) in [5.41, 5.74) is 3.65. The van der Waals surface area contributed by atoms with Crippen molar-refractivity contribution in [3.05, 3.63) is 72.1 Å². The van der Waals surface area contributed by atoms with Crippen LogP contribution >= 0.6 is 18.5 Å². The van der Waals surface area contributed by atoms with E-state index in [2.05, 4.69) is 49.7 Å². The molecule has 0 spiro atoms. The largest absolute Gasteiger partial charge is 0.238 e. The van der Waals surface area contributed by atoms with Crippen LogP contribution in [-0.2, 0) is 10.0 Å². The van der Waals surface area contributed by atoms with Gasteiger partial charge in [-0.2, -0.15) is 5.10 Å². The fraction of sp³-hybridized carbons (Fsp3) is 0.167. The topological polar surface area (TPSA) is 78.0 Å². The van der Waals surface area contributed by atoms with Gasteiger partial charge < -0.3 is 0 Å². The number of rotatable bonds is 4. The molecule has 1 heterocycles. The van der Waals surface area contributed by atoms with Crippen LogP contribution in [0.1, 0.15) is 23.7 Å². The summed E-state index contributed by atoms with van der Waals surface area (Å²) in [5.74, 6) is 0.366. The van der Waals surface area contributed by atoms with Crippen molar-refractivity contribution in [1.82, 2.24) is 9.78 Å². The highest BCUT2D eigenvalue weighted by Crippen LogP contribution is 2.32. The molecule has 0 bridgehead atoms. The first-order valence-corrected chi connectivity index (χ1v) is 10.9. The number of primary sulfonamides is 1. The van der Waals surface area contributed by atoms with Gasteiger partial charge in [-0.1, -0.05) is 37.3 Å². The Balaban J connectivity index is 2.11. The smallest absolute Gasteiger partial charge is 0.233 e. The second kappa shape index (κ2) is 7.58. The van der Waals surface area contributed by atoms with E-state index in [0.717, 1.165) is 22.6 Å². The van der Waals surface area contributed by atoms with E-state index >= 15 is 0 Å². The predicted octanol–water partition coefficient (Wildman–Crippen LogP) is 3.41. The quantitative estimate of drug-likeness (QED) is 0.792. The lowest BCUT2D eigenvalue weighted by atomic mass is 10.1. The van der Waals surface area contributed by atoms with Crippen LogP contribution in [0.3, 0.4) is 0 Å². The Morgan fingerprint density at radius 1 is 1.19 bits per heavy atom. The number of allylic oxidation sites excluding steroid dienone is 6. The van der Waals surface area contributed by atoms with Crippen LogP contribution in [0.2, 0.25) is 0 Å². The molecule has 0 aliphatic heterocycles. The monoisotopic (exact) mass is 405 g/mol. The van der Waals surface area contributed by atoms with Gasteiger partial charge in [0.1, 0.15) is 0 Å². The third kappa shape index (κ3) is 4.21. The predicted molar refractivity (Wildman–Crippen MR) is 113 cm³/mol. The molecule has 0 saturated carbocycles. The first-order chi connectivity index (χ1) is 12.3. The Labute approximate surface area is 158 Å². The Bertz CT molecular complexity index is 1000. The normalized spacial score (nSPS) is 17.4. The van der Waals surface area contributed by atoms with Gasteiger partial charge in [0.2, 0.25) is 10.0 Å². The molecule has 3 unspecified atom stereocenters. The molecule has 1 aliphatic rings. The van der Waals surface area contributed by atoms with Crippen molar-refractivity contribution in [3.63, 3.8) is 0 Å². The molecule has 26 heavy (non-hydrogen) atoms. The van der Waals surface area contributed by atoms with Crippen LogP contribution in [0.5, 0.6) is 0 Å². The first-order valence-electron chi connectivity index (χ1n) is 8.07. The molecular formula is C18H21N3O2P2S. The fourth-order valence-electron chi connectivity index (χ4n) is 2.62. The van der Waals surface area contributed by atoms with Crippen molar-refractivity contribution >= 4 is 34.1 Å². The summed E-state index contributed by atoms with van der Waals surface area (Å²) in [5, 5.41) is 9.99. The molecule has 0 saturated heterocycles. The number of nitrogens with two attached hydrogens (primary N) is 1. The maximum atomic E-state index is 11.5. The summed E-state index contributed by atoms with van der Waals surface area (Å²) in [6.07, 6.45) is 10.4. The molecule has 136 valence electrons. The molecular weight excluding hydrogens is 384 g/mol. The minimum atomic E-state index is -3.72. The summed E-state index contributed by atoms with van der Waals surface area (Å²) in [6, 6.07) is 8.44. The lowest BCUT2D eigenvalue weighted by Gasteiger charge is -2.09. The Hall–Kier alpha value is -1.58. The highest BCUT2D eigenvalue weighted by atomic mass is 32.2. The Kier molecular flexibility index (Phi) is 5.59. The van der Waals surface area contributed by atoms with E-state index in [1.165, 1.54) is 12.1 Å². The van der Waals surface area contributed by atoms with Gasteiger partial charge in [-0.3, -0.25) is 0 Å². The van der Waals surface area contributed by atoms with Crippen LogP contribution in [-0.4, -0.2) is 18.2 Å². The van der Waals surface area contributed by atoms with Gasteiger partial charge in [-0.05, 0) is 41.8 Å². The molecule has 3 atom stereocenters. The number of hydrogen-bond acceptors (Lipinski definition) is 3. The van der Waals surface area contributed by atoms with Crippen molar-refractivity contribution in [2.45, 2.75) is 17.2 Å². The van der Waals surface area contributed by atoms with Crippen molar-refractivity contribution in [3.8, 4) is 5.69 Å². The highest BCUT2D eigenvalue weighted by molar-refractivity contribution is 7.89. The summed E-state index contributed by atoms with van der Waals surface area (Å²) in [7, 11) is 1.71. The summed E-state index contributed by atoms with van der Waals surface area (Å²) in [6.45, 7) is 2.12.